The number of carbonyl (C=O) groups is 2. The van der Waals surface area contributed by atoms with E-state index in [2.05, 4.69) is 5.32 Å². The van der Waals surface area contributed by atoms with Crippen LogP contribution in [-0.2, 0) is 24.3 Å². The largest absolute Gasteiger partial charge is 0.452 e. The molecular weight excluding hydrogens is 315 g/mol. The van der Waals surface area contributed by atoms with Crippen LogP contribution in [0.1, 0.15) is 13.8 Å². The molecule has 0 radical (unpaired) electrons. The standard InChI is InChI=1S/C13H17FN2O5S/c1-3-15-13(18)9(2)21-12(17)8-16-22(19,20)11-7-5-4-6-10(11)14/h4-7,9,16H,3,8H2,1-2H3,(H,15,18)/t9-/m1/s1. The minimum Gasteiger partial charge on any atom is -0.452 e. The van der Waals surface area contributed by atoms with Gasteiger partial charge in [-0.05, 0) is 26.0 Å². The molecule has 2 N–H and O–H groups in total. The number of nitrogens with one attached hydrogen (secondary N) is 2. The zero-order valence-electron chi connectivity index (χ0n) is 12.1. The van der Waals surface area contributed by atoms with Crippen molar-refractivity contribution in [1.82, 2.24) is 10.0 Å². The van der Waals surface area contributed by atoms with Gasteiger partial charge in [-0.25, -0.2) is 12.8 Å². The number of sulfonamides is 1. The SMILES string of the molecule is CCNC(=O)[C@@H](C)OC(=O)CNS(=O)(=O)c1ccccc1F. The predicted octanol–water partition coefficient (Wildman–Crippen LogP) is 0.172. The molecule has 7 nitrogen and oxygen atoms in total. The van der Waals surface area contributed by atoms with Gasteiger partial charge in [-0.2, -0.15) is 4.72 Å². The minimum absolute atomic E-state index is 0.376. The highest BCUT2D eigenvalue weighted by molar-refractivity contribution is 7.89. The Hall–Kier alpha value is -2.00. The van der Waals surface area contributed by atoms with Crippen LogP contribution in [0.3, 0.4) is 0 Å². The molecule has 22 heavy (non-hydrogen) atoms. The summed E-state index contributed by atoms with van der Waals surface area (Å²) in [5, 5.41) is 2.45. The van der Waals surface area contributed by atoms with Crippen LogP contribution in [0, 0.1) is 5.82 Å². The summed E-state index contributed by atoms with van der Waals surface area (Å²) in [6, 6.07) is 4.76. The third-order valence-electron chi connectivity index (χ3n) is 2.56. The molecule has 0 aliphatic heterocycles. The molecule has 1 aromatic rings. The predicted molar refractivity (Wildman–Crippen MR) is 75.8 cm³/mol. The van der Waals surface area contributed by atoms with E-state index >= 15 is 0 Å². The number of ether oxygens (including phenoxy) is 1. The van der Waals surface area contributed by atoms with E-state index in [1.807, 2.05) is 4.72 Å². The van der Waals surface area contributed by atoms with Crippen molar-refractivity contribution in [2.75, 3.05) is 13.1 Å². The Balaban J connectivity index is 2.60. The number of benzene rings is 1. The maximum atomic E-state index is 13.4. The van der Waals surface area contributed by atoms with Gasteiger partial charge in [0, 0.05) is 6.54 Å². The van der Waals surface area contributed by atoms with E-state index in [0.29, 0.717) is 6.54 Å². The van der Waals surface area contributed by atoms with E-state index in [-0.39, 0.29) is 0 Å². The molecule has 9 heteroatoms. The van der Waals surface area contributed by atoms with Crippen molar-refractivity contribution in [2.24, 2.45) is 0 Å². The van der Waals surface area contributed by atoms with Crippen molar-refractivity contribution in [3.8, 4) is 0 Å². The lowest BCUT2D eigenvalue weighted by molar-refractivity contribution is -0.153. The molecule has 0 aromatic heterocycles. The number of halogens is 1. The number of rotatable bonds is 7. The molecule has 1 amide bonds. The molecule has 122 valence electrons. The van der Waals surface area contributed by atoms with E-state index in [9.17, 15) is 22.4 Å². The highest BCUT2D eigenvalue weighted by Gasteiger charge is 2.22. The molecule has 1 atom stereocenters. The Labute approximate surface area is 127 Å². The molecule has 0 aliphatic carbocycles. The Morgan fingerprint density at radius 1 is 1.32 bits per heavy atom. The van der Waals surface area contributed by atoms with Gasteiger partial charge in [0.2, 0.25) is 10.0 Å². The third-order valence-corrected chi connectivity index (χ3v) is 4.00. The number of hydrogen-bond donors (Lipinski definition) is 2. The first-order valence-electron chi connectivity index (χ1n) is 6.49. The topological polar surface area (TPSA) is 102 Å². The van der Waals surface area contributed by atoms with Gasteiger partial charge in [-0.3, -0.25) is 9.59 Å². The Kier molecular flexibility index (Phi) is 6.44. The Morgan fingerprint density at radius 3 is 2.55 bits per heavy atom. The van der Waals surface area contributed by atoms with Crippen LogP contribution in [0.4, 0.5) is 4.39 Å². The number of hydrogen-bond acceptors (Lipinski definition) is 5. The summed E-state index contributed by atoms with van der Waals surface area (Å²) in [5.41, 5.74) is 0. The number of amides is 1. The van der Waals surface area contributed by atoms with Crippen LogP contribution in [0.15, 0.2) is 29.2 Å². The highest BCUT2D eigenvalue weighted by Crippen LogP contribution is 2.12. The summed E-state index contributed by atoms with van der Waals surface area (Å²) < 4.78 is 43.8. The molecule has 0 spiro atoms. The molecule has 1 aromatic carbocycles. The van der Waals surface area contributed by atoms with Crippen LogP contribution in [0.5, 0.6) is 0 Å². The summed E-state index contributed by atoms with van der Waals surface area (Å²) in [6.07, 6.45) is -1.05. The van der Waals surface area contributed by atoms with Gasteiger partial charge in [0.05, 0.1) is 0 Å². The lowest BCUT2D eigenvalue weighted by Crippen LogP contribution is -2.38. The fraction of sp³-hybridized carbons (Fsp3) is 0.385. The molecule has 0 saturated heterocycles. The van der Waals surface area contributed by atoms with Gasteiger partial charge < -0.3 is 10.1 Å². The van der Waals surface area contributed by atoms with Crippen LogP contribution < -0.4 is 10.0 Å². The van der Waals surface area contributed by atoms with Crippen molar-refractivity contribution >= 4 is 21.9 Å². The minimum atomic E-state index is -4.18. The first-order valence-corrected chi connectivity index (χ1v) is 7.97. The van der Waals surface area contributed by atoms with Crippen LogP contribution in [0.2, 0.25) is 0 Å². The second kappa shape index (κ2) is 7.85. The van der Waals surface area contributed by atoms with E-state index in [4.69, 9.17) is 4.74 Å². The zero-order valence-corrected chi connectivity index (χ0v) is 12.9. The summed E-state index contributed by atoms with van der Waals surface area (Å²) in [6.45, 7) is 2.73. The second-order valence-electron chi connectivity index (χ2n) is 4.28. The zero-order chi connectivity index (χ0) is 16.8. The Bertz CT molecular complexity index is 648. The Morgan fingerprint density at radius 2 is 1.95 bits per heavy atom. The lowest BCUT2D eigenvalue weighted by Gasteiger charge is -2.13. The normalized spacial score (nSPS) is 12.5. The molecular formula is C13H17FN2O5S. The molecule has 0 bridgehead atoms. The van der Waals surface area contributed by atoms with Gasteiger partial charge in [0.25, 0.3) is 5.91 Å². The molecule has 1 rings (SSSR count). The summed E-state index contributed by atoms with van der Waals surface area (Å²) in [4.78, 5) is 22.3. The highest BCUT2D eigenvalue weighted by atomic mass is 32.2. The fourth-order valence-electron chi connectivity index (χ4n) is 1.50. The van der Waals surface area contributed by atoms with Crippen LogP contribution in [0.25, 0.3) is 0 Å². The fourth-order valence-corrected chi connectivity index (χ4v) is 2.55. The van der Waals surface area contributed by atoms with Crippen LogP contribution in [-0.4, -0.2) is 39.5 Å². The lowest BCUT2D eigenvalue weighted by atomic mass is 10.3. The maximum Gasteiger partial charge on any atom is 0.321 e. The van der Waals surface area contributed by atoms with Gasteiger partial charge in [0.1, 0.15) is 17.3 Å². The van der Waals surface area contributed by atoms with Crippen molar-refractivity contribution in [1.29, 1.82) is 0 Å². The molecule has 0 aliphatic rings. The van der Waals surface area contributed by atoms with Gasteiger partial charge >= 0.3 is 5.97 Å². The number of esters is 1. The van der Waals surface area contributed by atoms with E-state index in [0.717, 1.165) is 12.1 Å². The van der Waals surface area contributed by atoms with E-state index in [1.54, 1.807) is 6.92 Å². The summed E-state index contributed by atoms with van der Waals surface area (Å²) >= 11 is 0. The van der Waals surface area contributed by atoms with Crippen molar-refractivity contribution in [3.05, 3.63) is 30.1 Å². The van der Waals surface area contributed by atoms with E-state index < -0.39 is 45.3 Å². The average molecular weight is 332 g/mol. The number of likely N-dealkylation sites (N-methyl/N-ethyl adjacent to an activating group) is 1. The van der Waals surface area contributed by atoms with Gasteiger partial charge in [0.15, 0.2) is 6.10 Å². The number of carbonyl (C=O) groups excluding carboxylic acids is 2. The van der Waals surface area contributed by atoms with Crippen molar-refractivity contribution in [2.45, 2.75) is 24.8 Å². The third kappa shape index (κ3) is 5.08. The summed E-state index contributed by atoms with van der Waals surface area (Å²) in [5.74, 6) is -2.37. The average Bonchev–Trinajstić information content (AvgIpc) is 2.45. The first-order chi connectivity index (χ1) is 10.3. The first kappa shape index (κ1) is 18.1. The van der Waals surface area contributed by atoms with Crippen molar-refractivity contribution < 1.29 is 27.1 Å². The maximum absolute atomic E-state index is 13.4. The van der Waals surface area contributed by atoms with Gasteiger partial charge in [-0.15, -0.1) is 0 Å². The molecule has 0 fully saturated rings. The van der Waals surface area contributed by atoms with Crippen LogP contribution >= 0.6 is 0 Å². The molecule has 0 unspecified atom stereocenters. The molecule has 0 heterocycles. The second-order valence-corrected chi connectivity index (χ2v) is 6.02. The quantitative estimate of drug-likeness (QED) is 0.693. The van der Waals surface area contributed by atoms with E-state index in [1.165, 1.54) is 19.1 Å². The summed E-state index contributed by atoms with van der Waals surface area (Å²) in [7, 11) is -4.18. The van der Waals surface area contributed by atoms with Crippen molar-refractivity contribution in [3.63, 3.8) is 0 Å². The molecule has 0 saturated carbocycles. The monoisotopic (exact) mass is 332 g/mol. The smallest absolute Gasteiger partial charge is 0.321 e. The van der Waals surface area contributed by atoms with Gasteiger partial charge in [-0.1, -0.05) is 12.1 Å².